The molecule has 0 fully saturated rings. The summed E-state index contributed by atoms with van der Waals surface area (Å²) in [5, 5.41) is 11.9. The number of nitrogens with zero attached hydrogens (tertiary/aromatic N) is 2. The number of aliphatic hydroxyl groups excluding tert-OH is 1. The zero-order chi connectivity index (χ0) is 22.4. The molecular weight excluding hydrogens is 392 g/mol. The van der Waals surface area contributed by atoms with Crippen molar-refractivity contribution in [2.24, 2.45) is 0 Å². The fourth-order valence-corrected chi connectivity index (χ4v) is 3.96. The third-order valence-electron chi connectivity index (χ3n) is 5.50. The molecule has 1 N–H and O–H groups in total. The first-order chi connectivity index (χ1) is 14.6. The SMILES string of the molecule is CCc1ccc(Oc2ncc3ccccc3n2)cc1C1=C(O)C(C)(C)OC(C)(C)C1=O. The van der Waals surface area contributed by atoms with Gasteiger partial charge >= 0.3 is 6.01 Å². The first-order valence-electron chi connectivity index (χ1n) is 10.3. The Hall–Kier alpha value is -3.25. The highest BCUT2D eigenvalue weighted by molar-refractivity contribution is 6.26. The van der Waals surface area contributed by atoms with E-state index < -0.39 is 11.2 Å². The molecule has 160 valence electrons. The third-order valence-corrected chi connectivity index (χ3v) is 5.50. The molecule has 0 radical (unpaired) electrons. The number of ketones is 1. The monoisotopic (exact) mass is 418 g/mol. The van der Waals surface area contributed by atoms with Crippen LogP contribution in [-0.4, -0.2) is 32.1 Å². The summed E-state index contributed by atoms with van der Waals surface area (Å²) in [6.07, 6.45) is 2.40. The van der Waals surface area contributed by atoms with Gasteiger partial charge in [-0.25, -0.2) is 4.98 Å². The summed E-state index contributed by atoms with van der Waals surface area (Å²) in [5.74, 6) is 0.140. The van der Waals surface area contributed by atoms with Crippen LogP contribution in [0.1, 0.15) is 45.7 Å². The molecule has 6 heteroatoms. The molecule has 0 saturated carbocycles. The summed E-state index contributed by atoms with van der Waals surface area (Å²) in [4.78, 5) is 22.0. The first kappa shape index (κ1) is 21.0. The lowest BCUT2D eigenvalue weighted by Gasteiger charge is -2.40. The van der Waals surface area contributed by atoms with Gasteiger partial charge in [-0.15, -0.1) is 0 Å². The summed E-state index contributed by atoms with van der Waals surface area (Å²) >= 11 is 0. The predicted molar refractivity (Wildman–Crippen MR) is 119 cm³/mol. The second-order valence-electron chi connectivity index (χ2n) is 8.66. The van der Waals surface area contributed by atoms with E-state index >= 15 is 0 Å². The molecule has 1 aliphatic heterocycles. The molecule has 0 unspecified atom stereocenters. The molecule has 0 bridgehead atoms. The number of aromatic nitrogens is 2. The molecule has 0 atom stereocenters. The van der Waals surface area contributed by atoms with Gasteiger partial charge in [0.2, 0.25) is 0 Å². The van der Waals surface area contributed by atoms with Crippen molar-refractivity contribution in [2.45, 2.75) is 52.2 Å². The zero-order valence-electron chi connectivity index (χ0n) is 18.4. The van der Waals surface area contributed by atoms with Crippen LogP contribution >= 0.6 is 0 Å². The van der Waals surface area contributed by atoms with Crippen LogP contribution in [-0.2, 0) is 16.0 Å². The van der Waals surface area contributed by atoms with Crippen molar-refractivity contribution >= 4 is 22.3 Å². The minimum atomic E-state index is -1.06. The molecule has 0 spiro atoms. The van der Waals surface area contributed by atoms with Crippen LogP contribution in [0.2, 0.25) is 0 Å². The molecular formula is C25H26N2O4. The number of carbonyl (C=O) groups excluding carboxylic acids is 1. The fourth-order valence-electron chi connectivity index (χ4n) is 3.96. The number of hydrogen-bond donors (Lipinski definition) is 1. The average Bonchev–Trinajstić information content (AvgIpc) is 2.72. The van der Waals surface area contributed by atoms with E-state index in [2.05, 4.69) is 9.97 Å². The summed E-state index contributed by atoms with van der Waals surface area (Å²) < 4.78 is 11.8. The standard InChI is InChI=1S/C25H26N2O4/c1-6-15-11-12-17(30-23-26-14-16-9-7-8-10-19(16)27-23)13-18(15)20-21(28)24(2,3)31-25(4,5)22(20)29/h7-14,28H,6H2,1-5H3. The Bertz CT molecular complexity index is 1210. The lowest BCUT2D eigenvalue weighted by molar-refractivity contribution is -0.158. The highest BCUT2D eigenvalue weighted by atomic mass is 16.5. The molecule has 0 amide bonds. The summed E-state index contributed by atoms with van der Waals surface area (Å²) in [6, 6.07) is 13.3. The summed E-state index contributed by atoms with van der Waals surface area (Å²) in [6.45, 7) is 8.96. The van der Waals surface area contributed by atoms with Crippen molar-refractivity contribution in [1.82, 2.24) is 9.97 Å². The summed E-state index contributed by atoms with van der Waals surface area (Å²) in [7, 11) is 0. The summed E-state index contributed by atoms with van der Waals surface area (Å²) in [5.41, 5.74) is 0.553. The maximum atomic E-state index is 13.2. The van der Waals surface area contributed by atoms with Crippen molar-refractivity contribution in [2.75, 3.05) is 0 Å². The maximum Gasteiger partial charge on any atom is 0.322 e. The van der Waals surface area contributed by atoms with Crippen molar-refractivity contribution in [1.29, 1.82) is 0 Å². The van der Waals surface area contributed by atoms with Crippen molar-refractivity contribution < 1.29 is 19.4 Å². The van der Waals surface area contributed by atoms with E-state index in [4.69, 9.17) is 9.47 Å². The molecule has 0 saturated heterocycles. The number of rotatable bonds is 4. The number of carbonyl (C=O) groups is 1. The molecule has 1 aliphatic rings. The van der Waals surface area contributed by atoms with E-state index in [9.17, 15) is 9.90 Å². The number of fused-ring (bicyclic) bond motifs is 1. The topological polar surface area (TPSA) is 81.5 Å². The lowest BCUT2D eigenvalue weighted by atomic mass is 9.81. The Morgan fingerprint density at radius 3 is 2.55 bits per heavy atom. The number of Topliss-reactive ketones (excluding diaryl/α,β-unsaturated/α-hetero) is 1. The highest BCUT2D eigenvalue weighted by Gasteiger charge is 2.47. The molecule has 1 aromatic heterocycles. The van der Waals surface area contributed by atoms with Gasteiger partial charge in [0.25, 0.3) is 0 Å². The van der Waals surface area contributed by atoms with Crippen LogP contribution in [0.3, 0.4) is 0 Å². The van der Waals surface area contributed by atoms with Gasteiger partial charge in [-0.1, -0.05) is 31.2 Å². The highest BCUT2D eigenvalue weighted by Crippen LogP contribution is 2.41. The number of ether oxygens (including phenoxy) is 2. The minimum absolute atomic E-state index is 0.0781. The quantitative estimate of drug-likeness (QED) is 0.610. The molecule has 2 heterocycles. The number of hydrogen-bond acceptors (Lipinski definition) is 6. The van der Waals surface area contributed by atoms with Crippen molar-refractivity contribution in [3.8, 4) is 11.8 Å². The van der Waals surface area contributed by atoms with E-state index in [0.717, 1.165) is 16.5 Å². The number of aliphatic hydroxyl groups is 1. The van der Waals surface area contributed by atoms with Crippen molar-refractivity contribution in [3.63, 3.8) is 0 Å². The van der Waals surface area contributed by atoms with Crippen LogP contribution in [0, 0.1) is 0 Å². The van der Waals surface area contributed by atoms with E-state index in [1.165, 1.54) is 0 Å². The second kappa shape index (κ2) is 7.46. The van der Waals surface area contributed by atoms with Gasteiger partial charge in [-0.05, 0) is 63.4 Å². The number of aryl methyl sites for hydroxylation is 1. The fraction of sp³-hybridized carbons (Fsp3) is 0.320. The molecule has 31 heavy (non-hydrogen) atoms. The normalized spacial score (nSPS) is 17.8. The number of benzene rings is 2. The van der Waals surface area contributed by atoms with Gasteiger partial charge in [0.15, 0.2) is 5.78 Å². The molecule has 2 aromatic carbocycles. The Labute approximate surface area is 181 Å². The van der Waals surface area contributed by atoms with Crippen LogP contribution < -0.4 is 4.74 Å². The smallest absolute Gasteiger partial charge is 0.322 e. The van der Waals surface area contributed by atoms with Gasteiger partial charge in [0.1, 0.15) is 22.7 Å². The molecule has 4 rings (SSSR count). The van der Waals surface area contributed by atoms with E-state index in [-0.39, 0.29) is 23.1 Å². The third kappa shape index (κ3) is 3.79. The van der Waals surface area contributed by atoms with E-state index in [1.807, 2.05) is 43.3 Å². The Morgan fingerprint density at radius 2 is 1.81 bits per heavy atom. The lowest BCUT2D eigenvalue weighted by Crippen LogP contribution is -2.49. The average molecular weight is 418 g/mol. The van der Waals surface area contributed by atoms with Crippen LogP contribution in [0.15, 0.2) is 54.4 Å². The first-order valence-corrected chi connectivity index (χ1v) is 10.3. The van der Waals surface area contributed by atoms with Gasteiger partial charge in [-0.2, -0.15) is 4.98 Å². The van der Waals surface area contributed by atoms with Crippen molar-refractivity contribution in [3.05, 3.63) is 65.5 Å². The Morgan fingerprint density at radius 1 is 1.06 bits per heavy atom. The van der Waals surface area contributed by atoms with Gasteiger partial charge < -0.3 is 14.6 Å². The molecule has 3 aromatic rings. The second-order valence-corrected chi connectivity index (χ2v) is 8.66. The number of para-hydroxylation sites is 1. The Balaban J connectivity index is 1.79. The van der Waals surface area contributed by atoms with Crippen LogP contribution in [0.4, 0.5) is 0 Å². The largest absolute Gasteiger partial charge is 0.508 e. The van der Waals surface area contributed by atoms with Gasteiger partial charge in [-0.3, -0.25) is 4.79 Å². The van der Waals surface area contributed by atoms with Gasteiger partial charge in [0, 0.05) is 11.6 Å². The molecule has 0 aliphatic carbocycles. The predicted octanol–water partition coefficient (Wildman–Crippen LogP) is 5.41. The Kier molecular flexibility index (Phi) is 5.06. The van der Waals surface area contributed by atoms with E-state index in [1.54, 1.807) is 40.0 Å². The molecule has 6 nitrogen and oxygen atoms in total. The van der Waals surface area contributed by atoms with E-state index in [0.29, 0.717) is 17.7 Å². The minimum Gasteiger partial charge on any atom is -0.508 e. The zero-order valence-corrected chi connectivity index (χ0v) is 18.4. The maximum absolute atomic E-state index is 13.2. The van der Waals surface area contributed by atoms with Gasteiger partial charge in [0.05, 0.1) is 11.1 Å². The van der Waals surface area contributed by atoms with Crippen LogP contribution in [0.5, 0.6) is 11.8 Å². The van der Waals surface area contributed by atoms with Crippen LogP contribution in [0.25, 0.3) is 16.5 Å².